The van der Waals surface area contributed by atoms with Crippen LogP contribution in [0.15, 0.2) is 54.9 Å². The van der Waals surface area contributed by atoms with Gasteiger partial charge in [0.15, 0.2) is 0 Å². The van der Waals surface area contributed by atoms with Crippen molar-refractivity contribution in [1.82, 2.24) is 15.4 Å². The summed E-state index contributed by atoms with van der Waals surface area (Å²) in [6.45, 7) is 1.39. The highest BCUT2D eigenvalue weighted by Gasteiger charge is 2.42. The van der Waals surface area contributed by atoms with Crippen LogP contribution in [0.2, 0.25) is 0 Å². The van der Waals surface area contributed by atoms with Crippen molar-refractivity contribution in [2.24, 2.45) is 11.8 Å². The number of nitrogens with zero attached hydrogens (tertiary/aromatic N) is 2. The van der Waals surface area contributed by atoms with Gasteiger partial charge >= 0.3 is 0 Å². The third-order valence-electron chi connectivity index (χ3n) is 6.60. The first kappa shape index (κ1) is 21.3. The van der Waals surface area contributed by atoms with Crippen LogP contribution in [0.3, 0.4) is 0 Å². The van der Waals surface area contributed by atoms with Crippen molar-refractivity contribution in [3.8, 4) is 5.75 Å². The fourth-order valence-electron chi connectivity index (χ4n) is 4.91. The molecule has 2 N–H and O–H groups in total. The average Bonchev–Trinajstić information content (AvgIpc) is 2.84. The number of benzene rings is 1. The Balaban J connectivity index is 1.38. The number of hydrogen-bond donors (Lipinski definition) is 2. The first-order chi connectivity index (χ1) is 15.2. The lowest BCUT2D eigenvalue weighted by molar-refractivity contribution is -0.149. The molecule has 1 saturated carbocycles. The molecule has 1 aromatic heterocycles. The topological polar surface area (TPSA) is 91.8 Å². The van der Waals surface area contributed by atoms with Crippen LogP contribution in [0.5, 0.6) is 5.75 Å². The number of nitrogens with one attached hydrogen (secondary N) is 1. The third-order valence-corrected chi connectivity index (χ3v) is 6.60. The van der Waals surface area contributed by atoms with E-state index in [0.29, 0.717) is 44.0 Å². The zero-order chi connectivity index (χ0) is 21.6. The van der Waals surface area contributed by atoms with Crippen molar-refractivity contribution in [3.63, 3.8) is 0 Å². The Labute approximate surface area is 182 Å². The molecule has 2 amide bonds. The number of amides is 2. The zero-order valence-electron chi connectivity index (χ0n) is 17.5. The van der Waals surface area contributed by atoms with Gasteiger partial charge in [0.25, 0.3) is 0 Å². The van der Waals surface area contributed by atoms with E-state index in [1.165, 1.54) is 5.56 Å². The number of piperidine rings is 1. The quantitative estimate of drug-likeness (QED) is 0.569. The van der Waals surface area contributed by atoms with E-state index in [1.54, 1.807) is 30.0 Å². The predicted molar refractivity (Wildman–Crippen MR) is 114 cm³/mol. The first-order valence-electron chi connectivity index (χ1n) is 11.0. The number of aromatic nitrogens is 1. The summed E-state index contributed by atoms with van der Waals surface area (Å²) in [5.41, 5.74) is 3.08. The number of hydroxylamine groups is 1. The minimum atomic E-state index is -0.607. The Morgan fingerprint density at radius 2 is 1.68 bits per heavy atom. The van der Waals surface area contributed by atoms with Crippen LogP contribution in [-0.4, -0.2) is 46.1 Å². The van der Waals surface area contributed by atoms with Crippen LogP contribution in [-0.2, 0) is 9.59 Å². The highest BCUT2D eigenvalue weighted by molar-refractivity contribution is 5.87. The van der Waals surface area contributed by atoms with Gasteiger partial charge in [0.1, 0.15) is 5.75 Å². The third kappa shape index (κ3) is 5.05. The second kappa shape index (κ2) is 9.92. The molecule has 1 saturated heterocycles. The summed E-state index contributed by atoms with van der Waals surface area (Å²) in [6, 6.07) is 14.0. The van der Waals surface area contributed by atoms with E-state index in [1.807, 2.05) is 11.0 Å². The van der Waals surface area contributed by atoms with Gasteiger partial charge in [0, 0.05) is 25.5 Å². The lowest BCUT2D eigenvalue weighted by atomic mass is 9.76. The number of carbonyl (C=O) groups is 2. The molecule has 2 aliphatic rings. The molecule has 31 heavy (non-hydrogen) atoms. The molecule has 1 aliphatic heterocycles. The van der Waals surface area contributed by atoms with Gasteiger partial charge in [-0.05, 0) is 55.7 Å². The molecule has 2 aromatic rings. The van der Waals surface area contributed by atoms with E-state index in [-0.39, 0.29) is 12.0 Å². The van der Waals surface area contributed by atoms with Crippen LogP contribution >= 0.6 is 0 Å². The van der Waals surface area contributed by atoms with Gasteiger partial charge in [-0.15, -0.1) is 0 Å². The van der Waals surface area contributed by atoms with Crippen LogP contribution in [0.25, 0.3) is 0 Å². The summed E-state index contributed by atoms with van der Waals surface area (Å²) in [4.78, 5) is 31.6. The fraction of sp³-hybridized carbons (Fsp3) is 0.458. The van der Waals surface area contributed by atoms with Gasteiger partial charge in [-0.3, -0.25) is 19.8 Å². The molecule has 3 atom stereocenters. The fourth-order valence-corrected chi connectivity index (χ4v) is 4.91. The van der Waals surface area contributed by atoms with E-state index >= 15 is 0 Å². The largest absolute Gasteiger partial charge is 0.490 e. The molecule has 4 rings (SSSR count). The van der Waals surface area contributed by atoms with Gasteiger partial charge in [0.2, 0.25) is 11.8 Å². The molecular formula is C24H29N3O4. The Kier molecular flexibility index (Phi) is 6.82. The van der Waals surface area contributed by atoms with E-state index in [9.17, 15) is 14.8 Å². The molecule has 7 heteroatoms. The van der Waals surface area contributed by atoms with Crippen molar-refractivity contribution in [2.75, 3.05) is 13.1 Å². The summed E-state index contributed by atoms with van der Waals surface area (Å²) in [5, 5.41) is 9.26. The molecule has 7 nitrogen and oxygen atoms in total. The lowest BCUT2D eigenvalue weighted by Gasteiger charge is -2.39. The van der Waals surface area contributed by atoms with Crippen molar-refractivity contribution in [1.29, 1.82) is 0 Å². The molecular weight excluding hydrogens is 394 g/mol. The second-order valence-corrected chi connectivity index (χ2v) is 8.44. The van der Waals surface area contributed by atoms with Crippen molar-refractivity contribution < 1.29 is 19.5 Å². The predicted octanol–water partition coefficient (Wildman–Crippen LogP) is 3.16. The molecule has 0 spiro atoms. The van der Waals surface area contributed by atoms with E-state index < -0.39 is 17.7 Å². The second-order valence-electron chi connectivity index (χ2n) is 8.44. The van der Waals surface area contributed by atoms with E-state index in [4.69, 9.17) is 4.74 Å². The summed E-state index contributed by atoms with van der Waals surface area (Å²) < 4.78 is 5.99. The summed E-state index contributed by atoms with van der Waals surface area (Å²) in [5.74, 6) is -0.382. The van der Waals surface area contributed by atoms with E-state index in [0.717, 1.165) is 12.8 Å². The lowest BCUT2D eigenvalue weighted by Crippen LogP contribution is -2.49. The number of rotatable bonds is 5. The van der Waals surface area contributed by atoms with Crippen molar-refractivity contribution in [2.45, 2.75) is 44.1 Å². The standard InChI is InChI=1S/C24H29N3O4/c28-23(26-30)22-16-20(31-19-8-12-25-13-9-19)6-7-21(22)24(29)27-14-10-18(11-15-27)17-4-2-1-3-5-17/h1-5,8-9,12-13,18,20-22,30H,6-7,10-11,14-16H2,(H,26,28)/t20-,21+,22+/m1/s1. The minimum Gasteiger partial charge on any atom is -0.490 e. The summed E-state index contributed by atoms with van der Waals surface area (Å²) >= 11 is 0. The number of pyridine rings is 1. The highest BCUT2D eigenvalue weighted by atomic mass is 16.5. The first-order valence-corrected chi connectivity index (χ1v) is 11.0. The molecule has 0 radical (unpaired) electrons. The molecule has 0 bridgehead atoms. The van der Waals surface area contributed by atoms with Crippen molar-refractivity contribution >= 4 is 11.8 Å². The van der Waals surface area contributed by atoms with Gasteiger partial charge in [-0.2, -0.15) is 0 Å². The molecule has 2 heterocycles. The zero-order valence-corrected chi connectivity index (χ0v) is 17.5. The average molecular weight is 424 g/mol. The maximum Gasteiger partial charge on any atom is 0.247 e. The summed E-state index contributed by atoms with van der Waals surface area (Å²) in [7, 11) is 0. The van der Waals surface area contributed by atoms with Gasteiger partial charge in [0.05, 0.1) is 17.9 Å². The Bertz CT molecular complexity index is 869. The molecule has 164 valence electrons. The number of hydrogen-bond acceptors (Lipinski definition) is 5. The number of ether oxygens (including phenoxy) is 1. The maximum atomic E-state index is 13.3. The van der Waals surface area contributed by atoms with Crippen LogP contribution in [0, 0.1) is 11.8 Å². The Morgan fingerprint density at radius 3 is 2.35 bits per heavy atom. The SMILES string of the molecule is O=C(NO)[C@H]1C[C@H](Oc2ccncc2)CC[C@@H]1C(=O)N1CCC(c2ccccc2)CC1. The normalized spacial score (nSPS) is 24.4. The van der Waals surface area contributed by atoms with Gasteiger partial charge in [-0.25, -0.2) is 5.48 Å². The number of likely N-dealkylation sites (tertiary alicyclic amines) is 1. The maximum absolute atomic E-state index is 13.3. The smallest absolute Gasteiger partial charge is 0.247 e. The van der Waals surface area contributed by atoms with Crippen molar-refractivity contribution in [3.05, 3.63) is 60.4 Å². The van der Waals surface area contributed by atoms with Crippen LogP contribution < -0.4 is 10.2 Å². The minimum absolute atomic E-state index is 0.0162. The van der Waals surface area contributed by atoms with Gasteiger partial charge in [-0.1, -0.05) is 30.3 Å². The Morgan fingerprint density at radius 1 is 0.968 bits per heavy atom. The van der Waals surface area contributed by atoms with Crippen LogP contribution in [0.4, 0.5) is 0 Å². The molecule has 1 aromatic carbocycles. The number of carbonyl (C=O) groups excluding carboxylic acids is 2. The van der Waals surface area contributed by atoms with Gasteiger partial charge < -0.3 is 9.64 Å². The monoisotopic (exact) mass is 423 g/mol. The summed E-state index contributed by atoms with van der Waals surface area (Å²) in [6.07, 6.45) is 6.62. The van der Waals surface area contributed by atoms with Crippen LogP contribution in [0.1, 0.15) is 43.6 Å². The molecule has 1 aliphatic carbocycles. The molecule has 2 fully saturated rings. The Hall–Kier alpha value is -2.93. The molecule has 0 unspecified atom stereocenters. The highest BCUT2D eigenvalue weighted by Crippen LogP contribution is 2.36. The van der Waals surface area contributed by atoms with E-state index in [2.05, 4.69) is 29.2 Å².